The van der Waals surface area contributed by atoms with Gasteiger partial charge < -0.3 is 11.1 Å². The Hall–Kier alpha value is -1.78. The topological polar surface area (TPSA) is 50.9 Å². The first-order valence-corrected chi connectivity index (χ1v) is 7.17. The summed E-state index contributed by atoms with van der Waals surface area (Å²) >= 11 is 9.65. The van der Waals surface area contributed by atoms with E-state index in [1.807, 2.05) is 42.5 Å². The zero-order chi connectivity index (χ0) is 14.1. The molecule has 1 heterocycles. The Morgan fingerprint density at radius 3 is 2.80 bits per heavy atom. The monoisotopic (exact) mass is 347 g/mol. The molecule has 100 valence electrons. The highest BCUT2D eigenvalue weighted by Crippen LogP contribution is 2.34. The molecule has 0 atom stereocenters. The van der Waals surface area contributed by atoms with Crippen LogP contribution in [0.1, 0.15) is 0 Å². The van der Waals surface area contributed by atoms with E-state index in [2.05, 4.69) is 26.2 Å². The van der Waals surface area contributed by atoms with E-state index in [0.29, 0.717) is 10.7 Å². The second-order valence-electron chi connectivity index (χ2n) is 4.35. The second-order valence-corrected chi connectivity index (χ2v) is 5.68. The number of para-hydroxylation sites is 1. The highest BCUT2D eigenvalue weighted by atomic mass is 79.9. The molecule has 0 unspecified atom stereocenters. The third-order valence-corrected chi connectivity index (χ3v) is 3.82. The van der Waals surface area contributed by atoms with Crippen LogP contribution in [0.25, 0.3) is 10.9 Å². The Kier molecular flexibility index (Phi) is 3.51. The summed E-state index contributed by atoms with van der Waals surface area (Å²) in [5, 5.41) is 4.89. The number of benzene rings is 2. The second kappa shape index (κ2) is 5.31. The van der Waals surface area contributed by atoms with Crippen molar-refractivity contribution in [3.05, 3.63) is 58.2 Å². The fraction of sp³-hybridized carbons (Fsp3) is 0. The first-order valence-electron chi connectivity index (χ1n) is 6.00. The van der Waals surface area contributed by atoms with Crippen molar-refractivity contribution in [2.75, 3.05) is 11.1 Å². The average molecular weight is 349 g/mol. The lowest BCUT2D eigenvalue weighted by Gasteiger charge is -2.13. The predicted molar refractivity (Wildman–Crippen MR) is 88.6 cm³/mol. The number of pyridine rings is 1. The molecule has 0 saturated heterocycles. The molecule has 3 nitrogen and oxygen atoms in total. The lowest BCUT2D eigenvalue weighted by atomic mass is 10.1. The van der Waals surface area contributed by atoms with Gasteiger partial charge in [-0.3, -0.25) is 4.98 Å². The zero-order valence-corrected chi connectivity index (χ0v) is 12.7. The third kappa shape index (κ3) is 2.44. The van der Waals surface area contributed by atoms with Crippen molar-refractivity contribution in [3.63, 3.8) is 0 Å². The van der Waals surface area contributed by atoms with Gasteiger partial charge in [0.05, 0.1) is 33.8 Å². The molecule has 1 aromatic heterocycles. The van der Waals surface area contributed by atoms with Crippen LogP contribution in [-0.2, 0) is 0 Å². The molecule has 2 aromatic carbocycles. The maximum atomic E-state index is 6.21. The van der Waals surface area contributed by atoms with Crippen LogP contribution in [0, 0.1) is 0 Å². The summed E-state index contributed by atoms with van der Waals surface area (Å²) in [6.07, 6.45) is 1.65. The molecule has 0 aliphatic rings. The molecule has 0 amide bonds. The minimum Gasteiger partial charge on any atom is -0.396 e. The number of nitrogens with one attached hydrogen (secondary N) is 1. The molecule has 3 aromatic rings. The highest BCUT2D eigenvalue weighted by Gasteiger charge is 2.09. The molecule has 3 rings (SSSR count). The Morgan fingerprint density at radius 2 is 1.95 bits per heavy atom. The average Bonchev–Trinajstić information content (AvgIpc) is 2.46. The van der Waals surface area contributed by atoms with E-state index in [0.717, 1.165) is 26.8 Å². The minimum atomic E-state index is 0.583. The van der Waals surface area contributed by atoms with Gasteiger partial charge in [-0.15, -0.1) is 0 Å². The molecular weight excluding hydrogens is 338 g/mol. The summed E-state index contributed by atoms with van der Waals surface area (Å²) < 4.78 is 0.946. The minimum absolute atomic E-state index is 0.583. The lowest BCUT2D eigenvalue weighted by molar-refractivity contribution is 1.40. The number of halogens is 2. The largest absolute Gasteiger partial charge is 0.396 e. The van der Waals surface area contributed by atoms with Crippen LogP contribution in [0.15, 0.2) is 53.1 Å². The molecule has 3 N–H and O–H groups in total. The number of hydrogen-bond acceptors (Lipinski definition) is 3. The van der Waals surface area contributed by atoms with Crippen molar-refractivity contribution >= 4 is 55.5 Å². The van der Waals surface area contributed by atoms with Gasteiger partial charge in [-0.1, -0.05) is 45.7 Å². The molecule has 20 heavy (non-hydrogen) atoms. The van der Waals surface area contributed by atoms with Crippen molar-refractivity contribution in [2.24, 2.45) is 0 Å². The van der Waals surface area contributed by atoms with E-state index in [4.69, 9.17) is 17.3 Å². The number of hydrogen-bond donors (Lipinski definition) is 2. The van der Waals surface area contributed by atoms with E-state index in [1.165, 1.54) is 0 Å². The van der Waals surface area contributed by atoms with Gasteiger partial charge in [0.2, 0.25) is 0 Å². The van der Waals surface area contributed by atoms with Crippen molar-refractivity contribution in [1.82, 2.24) is 4.98 Å². The Balaban J connectivity index is 2.15. The van der Waals surface area contributed by atoms with Gasteiger partial charge in [-0.25, -0.2) is 0 Å². The molecule has 0 aliphatic carbocycles. The normalized spacial score (nSPS) is 10.7. The van der Waals surface area contributed by atoms with E-state index in [9.17, 15) is 0 Å². The number of aromatic nitrogens is 1. The van der Waals surface area contributed by atoms with Gasteiger partial charge in [-0.2, -0.15) is 0 Å². The van der Waals surface area contributed by atoms with Gasteiger partial charge in [0.1, 0.15) is 0 Å². The summed E-state index contributed by atoms with van der Waals surface area (Å²) in [6.45, 7) is 0. The molecule has 0 spiro atoms. The van der Waals surface area contributed by atoms with Crippen molar-refractivity contribution in [3.8, 4) is 0 Å². The molecule has 5 heteroatoms. The van der Waals surface area contributed by atoms with Crippen LogP contribution >= 0.6 is 27.5 Å². The summed E-state index contributed by atoms with van der Waals surface area (Å²) in [4.78, 5) is 4.32. The van der Waals surface area contributed by atoms with Crippen LogP contribution in [0.3, 0.4) is 0 Å². The predicted octanol–water partition coefficient (Wildman–Crippen LogP) is 4.98. The summed E-state index contributed by atoms with van der Waals surface area (Å²) in [5.41, 5.74) is 9.12. The smallest absolute Gasteiger partial charge is 0.0746 e. The van der Waals surface area contributed by atoms with Crippen molar-refractivity contribution in [2.45, 2.75) is 0 Å². The third-order valence-electron chi connectivity index (χ3n) is 2.99. The van der Waals surface area contributed by atoms with E-state index < -0.39 is 0 Å². The first-order chi connectivity index (χ1) is 9.65. The molecule has 0 saturated carbocycles. The summed E-state index contributed by atoms with van der Waals surface area (Å²) in [5.74, 6) is 0. The zero-order valence-electron chi connectivity index (χ0n) is 10.4. The lowest BCUT2D eigenvalue weighted by Crippen LogP contribution is -1.99. The van der Waals surface area contributed by atoms with Gasteiger partial charge in [-0.05, 0) is 24.3 Å². The van der Waals surface area contributed by atoms with Crippen molar-refractivity contribution in [1.29, 1.82) is 0 Å². The van der Waals surface area contributed by atoms with Crippen LogP contribution in [0.4, 0.5) is 17.1 Å². The fourth-order valence-corrected chi connectivity index (χ4v) is 2.55. The number of anilines is 3. The highest BCUT2D eigenvalue weighted by molar-refractivity contribution is 9.10. The molecule has 0 bridgehead atoms. The van der Waals surface area contributed by atoms with Crippen LogP contribution in [0.5, 0.6) is 0 Å². The maximum absolute atomic E-state index is 6.21. The van der Waals surface area contributed by atoms with Gasteiger partial charge in [0.15, 0.2) is 0 Å². The number of nitrogens with zero attached hydrogens (tertiary/aromatic N) is 1. The number of rotatable bonds is 2. The van der Waals surface area contributed by atoms with Crippen LogP contribution < -0.4 is 11.1 Å². The van der Waals surface area contributed by atoms with E-state index in [1.54, 1.807) is 6.20 Å². The molecule has 0 fully saturated rings. The van der Waals surface area contributed by atoms with E-state index >= 15 is 0 Å². The maximum Gasteiger partial charge on any atom is 0.0746 e. The SMILES string of the molecule is Nc1cnc2ccccc2c1Nc1cc(Br)ccc1Cl. The fourth-order valence-electron chi connectivity index (χ4n) is 2.02. The van der Waals surface area contributed by atoms with Crippen molar-refractivity contribution < 1.29 is 0 Å². The Bertz CT molecular complexity index is 789. The molecular formula is C15H11BrClN3. The van der Waals surface area contributed by atoms with Gasteiger partial charge in [0, 0.05) is 9.86 Å². The number of fused-ring (bicyclic) bond motifs is 1. The number of nitrogens with two attached hydrogens (primary N) is 1. The Labute approximate surface area is 129 Å². The summed E-state index contributed by atoms with van der Waals surface area (Å²) in [7, 11) is 0. The standard InChI is InChI=1S/C15H11BrClN3/c16-9-5-6-11(17)14(7-9)20-15-10-3-1-2-4-13(10)19-8-12(15)18/h1-8H,18H2,(H,19,20). The van der Waals surface area contributed by atoms with Crippen LogP contribution in [-0.4, -0.2) is 4.98 Å². The van der Waals surface area contributed by atoms with Crippen LogP contribution in [0.2, 0.25) is 5.02 Å². The van der Waals surface area contributed by atoms with E-state index in [-0.39, 0.29) is 0 Å². The first kappa shape index (κ1) is 13.2. The molecule has 0 radical (unpaired) electrons. The molecule has 0 aliphatic heterocycles. The Morgan fingerprint density at radius 1 is 1.15 bits per heavy atom. The van der Waals surface area contributed by atoms with Gasteiger partial charge >= 0.3 is 0 Å². The van der Waals surface area contributed by atoms with Gasteiger partial charge in [0.25, 0.3) is 0 Å². The number of nitrogen functional groups attached to an aromatic ring is 1. The quantitative estimate of drug-likeness (QED) is 0.687. The summed E-state index contributed by atoms with van der Waals surface area (Å²) in [6, 6.07) is 13.5.